The molecule has 3 nitrogen and oxygen atoms in total. The van der Waals surface area contributed by atoms with Gasteiger partial charge in [-0.25, -0.2) is 0 Å². The van der Waals surface area contributed by atoms with Crippen molar-refractivity contribution < 1.29 is 4.74 Å². The molecule has 3 heteroatoms. The fourth-order valence-electron chi connectivity index (χ4n) is 1.11. The lowest BCUT2D eigenvalue weighted by Crippen LogP contribution is -2.49. The Morgan fingerprint density at radius 1 is 1.73 bits per heavy atom. The standard InChI is InChI=1S/C8H18N2O/c1-3-7(2)10-8-6-9-4-5-11-8/h7-10H,3-6H2,1-2H3. The van der Waals surface area contributed by atoms with E-state index in [0.29, 0.717) is 6.04 Å². The third-order valence-corrected chi connectivity index (χ3v) is 2.01. The fourth-order valence-corrected chi connectivity index (χ4v) is 1.11. The monoisotopic (exact) mass is 158 g/mol. The molecule has 1 aliphatic heterocycles. The van der Waals surface area contributed by atoms with E-state index in [1.54, 1.807) is 0 Å². The molecule has 1 rings (SSSR count). The Balaban J connectivity index is 2.13. The first-order chi connectivity index (χ1) is 5.33. The van der Waals surface area contributed by atoms with Gasteiger partial charge in [-0.05, 0) is 13.3 Å². The van der Waals surface area contributed by atoms with Crippen LogP contribution in [-0.2, 0) is 4.74 Å². The minimum Gasteiger partial charge on any atom is -0.361 e. The van der Waals surface area contributed by atoms with Crippen molar-refractivity contribution in [2.75, 3.05) is 19.7 Å². The quantitative estimate of drug-likeness (QED) is 0.620. The highest BCUT2D eigenvalue weighted by atomic mass is 16.5. The first kappa shape index (κ1) is 8.97. The number of ether oxygens (including phenoxy) is 1. The lowest BCUT2D eigenvalue weighted by atomic mass is 10.2. The summed E-state index contributed by atoms with van der Waals surface area (Å²) in [5, 5.41) is 6.66. The van der Waals surface area contributed by atoms with Crippen molar-refractivity contribution in [1.82, 2.24) is 10.6 Å². The fraction of sp³-hybridized carbons (Fsp3) is 1.00. The maximum absolute atomic E-state index is 5.48. The van der Waals surface area contributed by atoms with E-state index >= 15 is 0 Å². The van der Waals surface area contributed by atoms with Gasteiger partial charge in [0.1, 0.15) is 6.23 Å². The van der Waals surface area contributed by atoms with Gasteiger partial charge in [0.2, 0.25) is 0 Å². The van der Waals surface area contributed by atoms with Crippen LogP contribution < -0.4 is 10.6 Å². The summed E-state index contributed by atoms with van der Waals surface area (Å²) in [6.07, 6.45) is 1.37. The highest BCUT2D eigenvalue weighted by Gasteiger charge is 2.13. The zero-order valence-corrected chi connectivity index (χ0v) is 7.39. The van der Waals surface area contributed by atoms with Gasteiger partial charge in [-0.15, -0.1) is 0 Å². The minimum absolute atomic E-state index is 0.221. The molecule has 0 spiro atoms. The molecule has 0 bridgehead atoms. The van der Waals surface area contributed by atoms with Crippen LogP contribution in [0.1, 0.15) is 20.3 Å². The first-order valence-electron chi connectivity index (χ1n) is 4.41. The molecule has 0 aliphatic carbocycles. The zero-order chi connectivity index (χ0) is 8.10. The molecule has 0 aromatic rings. The molecule has 2 N–H and O–H groups in total. The number of rotatable bonds is 3. The van der Waals surface area contributed by atoms with Crippen molar-refractivity contribution >= 4 is 0 Å². The molecule has 1 aliphatic rings. The van der Waals surface area contributed by atoms with Gasteiger partial charge >= 0.3 is 0 Å². The van der Waals surface area contributed by atoms with Crippen molar-refractivity contribution in [2.24, 2.45) is 0 Å². The van der Waals surface area contributed by atoms with E-state index in [1.165, 1.54) is 0 Å². The molecule has 11 heavy (non-hydrogen) atoms. The molecule has 0 aromatic heterocycles. The van der Waals surface area contributed by atoms with Gasteiger partial charge in [0, 0.05) is 19.1 Å². The van der Waals surface area contributed by atoms with E-state index < -0.39 is 0 Å². The van der Waals surface area contributed by atoms with E-state index in [9.17, 15) is 0 Å². The van der Waals surface area contributed by atoms with Gasteiger partial charge in [0.05, 0.1) is 6.61 Å². The third kappa shape index (κ3) is 3.18. The smallest absolute Gasteiger partial charge is 0.120 e. The molecule has 1 fully saturated rings. The Morgan fingerprint density at radius 2 is 2.55 bits per heavy atom. The maximum atomic E-state index is 5.48. The molecule has 2 atom stereocenters. The van der Waals surface area contributed by atoms with Crippen LogP contribution in [0.5, 0.6) is 0 Å². The maximum Gasteiger partial charge on any atom is 0.120 e. The Hall–Kier alpha value is -0.120. The summed E-state index contributed by atoms with van der Waals surface area (Å²) < 4.78 is 5.48. The van der Waals surface area contributed by atoms with Crippen molar-refractivity contribution in [3.8, 4) is 0 Å². The molecule has 0 amide bonds. The summed E-state index contributed by atoms with van der Waals surface area (Å²) in [5.41, 5.74) is 0. The predicted molar refractivity (Wildman–Crippen MR) is 45.5 cm³/mol. The molecule has 0 aromatic carbocycles. The Bertz CT molecular complexity index is 102. The summed E-state index contributed by atoms with van der Waals surface area (Å²) in [4.78, 5) is 0. The van der Waals surface area contributed by atoms with Gasteiger partial charge < -0.3 is 10.1 Å². The summed E-state index contributed by atoms with van der Waals surface area (Å²) in [6, 6.07) is 0.555. The summed E-state index contributed by atoms with van der Waals surface area (Å²) in [5.74, 6) is 0. The predicted octanol–water partition coefficient (Wildman–Crippen LogP) is 0.320. The molecular formula is C8H18N2O. The largest absolute Gasteiger partial charge is 0.361 e. The number of hydrogen-bond donors (Lipinski definition) is 2. The molecular weight excluding hydrogens is 140 g/mol. The summed E-state index contributed by atoms with van der Waals surface area (Å²) in [7, 11) is 0. The van der Waals surface area contributed by atoms with Crippen LogP contribution in [0.15, 0.2) is 0 Å². The van der Waals surface area contributed by atoms with Crippen LogP contribution in [0.4, 0.5) is 0 Å². The van der Waals surface area contributed by atoms with Crippen LogP contribution in [0.25, 0.3) is 0 Å². The molecule has 1 saturated heterocycles. The lowest BCUT2D eigenvalue weighted by Gasteiger charge is -2.27. The number of hydrogen-bond acceptors (Lipinski definition) is 3. The molecule has 66 valence electrons. The number of morpholine rings is 1. The van der Waals surface area contributed by atoms with Crippen molar-refractivity contribution in [2.45, 2.75) is 32.5 Å². The Kier molecular flexibility index (Phi) is 3.83. The van der Waals surface area contributed by atoms with Crippen molar-refractivity contribution in [3.05, 3.63) is 0 Å². The van der Waals surface area contributed by atoms with Crippen LogP contribution in [0.2, 0.25) is 0 Å². The Morgan fingerprint density at radius 3 is 3.09 bits per heavy atom. The topological polar surface area (TPSA) is 33.3 Å². The highest BCUT2D eigenvalue weighted by molar-refractivity contribution is 4.68. The van der Waals surface area contributed by atoms with E-state index in [4.69, 9.17) is 4.74 Å². The van der Waals surface area contributed by atoms with Gasteiger partial charge in [0.15, 0.2) is 0 Å². The lowest BCUT2D eigenvalue weighted by molar-refractivity contribution is 0.000620. The van der Waals surface area contributed by atoms with Crippen LogP contribution in [0.3, 0.4) is 0 Å². The summed E-state index contributed by atoms with van der Waals surface area (Å²) >= 11 is 0. The number of nitrogens with one attached hydrogen (secondary N) is 2. The average molecular weight is 158 g/mol. The van der Waals surface area contributed by atoms with E-state index in [0.717, 1.165) is 26.1 Å². The van der Waals surface area contributed by atoms with Crippen molar-refractivity contribution in [1.29, 1.82) is 0 Å². The Labute approximate surface area is 68.5 Å². The van der Waals surface area contributed by atoms with Crippen LogP contribution >= 0.6 is 0 Å². The average Bonchev–Trinajstić information content (AvgIpc) is 2.06. The minimum atomic E-state index is 0.221. The van der Waals surface area contributed by atoms with E-state index in [1.807, 2.05) is 0 Å². The van der Waals surface area contributed by atoms with Gasteiger partial charge in [-0.2, -0.15) is 0 Å². The third-order valence-electron chi connectivity index (χ3n) is 2.01. The second-order valence-corrected chi connectivity index (χ2v) is 3.04. The second kappa shape index (κ2) is 4.70. The van der Waals surface area contributed by atoms with Gasteiger partial charge in [-0.3, -0.25) is 5.32 Å². The molecule has 2 unspecified atom stereocenters. The zero-order valence-electron chi connectivity index (χ0n) is 7.39. The van der Waals surface area contributed by atoms with Crippen molar-refractivity contribution in [3.63, 3.8) is 0 Å². The summed E-state index contributed by atoms with van der Waals surface area (Å²) in [6.45, 7) is 7.10. The highest BCUT2D eigenvalue weighted by Crippen LogP contribution is 1.96. The normalized spacial score (nSPS) is 28.4. The molecule has 0 saturated carbocycles. The molecule has 1 heterocycles. The van der Waals surface area contributed by atoms with Crippen LogP contribution in [-0.4, -0.2) is 32.0 Å². The van der Waals surface area contributed by atoms with Crippen LogP contribution in [0, 0.1) is 0 Å². The SMILES string of the molecule is CCC(C)NC1CNCCO1. The van der Waals surface area contributed by atoms with E-state index in [2.05, 4.69) is 24.5 Å². The van der Waals surface area contributed by atoms with E-state index in [-0.39, 0.29) is 6.23 Å². The first-order valence-corrected chi connectivity index (χ1v) is 4.41. The van der Waals surface area contributed by atoms with Gasteiger partial charge in [0.25, 0.3) is 0 Å². The molecule has 0 radical (unpaired) electrons. The van der Waals surface area contributed by atoms with Gasteiger partial charge in [-0.1, -0.05) is 6.92 Å². The second-order valence-electron chi connectivity index (χ2n) is 3.04.